The van der Waals surface area contributed by atoms with E-state index < -0.39 is 40.6 Å². The number of phenols is 1. The number of carbonyl (C=O) groups is 2. The molecule has 0 bridgehead atoms. The van der Waals surface area contributed by atoms with Gasteiger partial charge in [-0.3, -0.25) is 0 Å². The van der Waals surface area contributed by atoms with Gasteiger partial charge in [0.1, 0.15) is 5.75 Å². The second kappa shape index (κ2) is 7.07. The van der Waals surface area contributed by atoms with Crippen molar-refractivity contribution in [2.24, 2.45) is 0 Å². The van der Waals surface area contributed by atoms with Crippen molar-refractivity contribution in [3.63, 3.8) is 0 Å². The normalized spacial score (nSPS) is 11.2. The van der Waals surface area contributed by atoms with Crippen LogP contribution in [-0.2, 0) is 15.7 Å². The molecule has 138 valence electrons. The number of hydrogen-bond donors (Lipinski definition) is 1. The van der Waals surface area contributed by atoms with E-state index in [0.29, 0.717) is 0 Å². The van der Waals surface area contributed by atoms with Crippen LogP contribution in [0.25, 0.3) is 11.1 Å². The highest BCUT2D eigenvalue weighted by Gasteiger charge is 2.36. The second-order valence-electron chi connectivity index (χ2n) is 5.34. The molecule has 0 saturated carbocycles. The van der Waals surface area contributed by atoms with Crippen LogP contribution in [0.5, 0.6) is 5.75 Å². The first kappa shape index (κ1) is 19.3. The van der Waals surface area contributed by atoms with Crippen LogP contribution in [0.1, 0.15) is 31.8 Å². The lowest BCUT2D eigenvalue weighted by molar-refractivity contribution is -0.137. The van der Waals surface area contributed by atoms with E-state index in [-0.39, 0.29) is 16.7 Å². The highest BCUT2D eigenvalue weighted by molar-refractivity contribution is 6.09. The highest BCUT2D eigenvalue weighted by Crippen LogP contribution is 2.42. The molecule has 1 N–H and O–H groups in total. The predicted octanol–water partition coefficient (Wildman–Crippen LogP) is 3.96. The molecule has 0 fully saturated rings. The number of ether oxygens (including phenoxy) is 2. The van der Waals surface area contributed by atoms with Gasteiger partial charge in [-0.15, -0.1) is 0 Å². The number of rotatable bonds is 3. The van der Waals surface area contributed by atoms with Crippen LogP contribution < -0.4 is 0 Å². The first-order valence-corrected chi connectivity index (χ1v) is 7.33. The van der Waals surface area contributed by atoms with Gasteiger partial charge in [0.15, 0.2) is 0 Å². The van der Waals surface area contributed by atoms with E-state index in [4.69, 9.17) is 0 Å². The maximum atomic E-state index is 13.4. The fourth-order valence-electron chi connectivity index (χ4n) is 2.64. The average Bonchev–Trinajstić information content (AvgIpc) is 2.61. The second-order valence-corrected chi connectivity index (χ2v) is 5.34. The van der Waals surface area contributed by atoms with Crippen molar-refractivity contribution in [1.82, 2.24) is 0 Å². The molecule has 0 unspecified atom stereocenters. The third-order valence-corrected chi connectivity index (χ3v) is 3.86. The number of hydrogen-bond acceptors (Lipinski definition) is 5. The molecular formula is C18H15F3O5. The minimum atomic E-state index is -4.71. The molecule has 0 radical (unpaired) electrons. The van der Waals surface area contributed by atoms with E-state index in [2.05, 4.69) is 9.47 Å². The summed E-state index contributed by atoms with van der Waals surface area (Å²) in [6.45, 7) is 1.34. The summed E-state index contributed by atoms with van der Waals surface area (Å²) < 4.78 is 49.5. The van der Waals surface area contributed by atoms with Crippen molar-refractivity contribution in [3.05, 3.63) is 52.6 Å². The van der Waals surface area contributed by atoms with Gasteiger partial charge >= 0.3 is 18.1 Å². The molecule has 5 nitrogen and oxygen atoms in total. The number of halogens is 3. The molecule has 0 amide bonds. The molecule has 0 heterocycles. The summed E-state index contributed by atoms with van der Waals surface area (Å²) in [6, 6.07) is 5.51. The van der Waals surface area contributed by atoms with Crippen LogP contribution >= 0.6 is 0 Å². The van der Waals surface area contributed by atoms with Crippen molar-refractivity contribution in [2.45, 2.75) is 13.1 Å². The molecular weight excluding hydrogens is 353 g/mol. The fourth-order valence-corrected chi connectivity index (χ4v) is 2.64. The molecule has 0 aromatic heterocycles. The Balaban J connectivity index is 3.00. The Labute approximate surface area is 147 Å². The summed E-state index contributed by atoms with van der Waals surface area (Å²) in [5, 5.41) is 10.1. The Morgan fingerprint density at radius 2 is 1.62 bits per heavy atom. The van der Waals surface area contributed by atoms with Crippen molar-refractivity contribution < 1.29 is 37.3 Å². The number of benzene rings is 2. The summed E-state index contributed by atoms with van der Waals surface area (Å²) in [4.78, 5) is 24.3. The minimum Gasteiger partial charge on any atom is -0.508 e. The number of carbonyl (C=O) groups excluding carboxylic acids is 2. The number of aromatic hydroxyl groups is 1. The first-order chi connectivity index (χ1) is 12.1. The molecule has 26 heavy (non-hydrogen) atoms. The minimum absolute atomic E-state index is 0.00486. The summed E-state index contributed by atoms with van der Waals surface area (Å²) in [5.41, 5.74) is -2.44. The van der Waals surface area contributed by atoms with Crippen LogP contribution in [-0.4, -0.2) is 31.3 Å². The van der Waals surface area contributed by atoms with E-state index in [1.54, 1.807) is 0 Å². The molecule has 0 spiro atoms. The third kappa shape index (κ3) is 3.35. The van der Waals surface area contributed by atoms with Gasteiger partial charge in [-0.2, -0.15) is 13.2 Å². The molecule has 2 aromatic carbocycles. The number of esters is 2. The van der Waals surface area contributed by atoms with Gasteiger partial charge in [0, 0.05) is 5.56 Å². The molecule has 8 heteroatoms. The molecule has 0 atom stereocenters. The molecule has 0 aliphatic rings. The Kier molecular flexibility index (Phi) is 5.25. The quantitative estimate of drug-likeness (QED) is 0.831. The van der Waals surface area contributed by atoms with E-state index in [9.17, 15) is 27.9 Å². The molecule has 2 aromatic rings. The third-order valence-electron chi connectivity index (χ3n) is 3.86. The molecule has 0 saturated heterocycles. The van der Waals surface area contributed by atoms with Crippen LogP contribution in [0.4, 0.5) is 13.2 Å². The summed E-state index contributed by atoms with van der Waals surface area (Å²) in [5.74, 6) is -2.48. The van der Waals surface area contributed by atoms with Crippen molar-refractivity contribution in [1.29, 1.82) is 0 Å². The zero-order chi connectivity index (χ0) is 19.6. The van der Waals surface area contributed by atoms with Gasteiger partial charge in [0.05, 0.1) is 30.9 Å². The van der Waals surface area contributed by atoms with Gasteiger partial charge in [-0.05, 0) is 30.2 Å². The van der Waals surface area contributed by atoms with Gasteiger partial charge in [-0.25, -0.2) is 9.59 Å². The Bertz CT molecular complexity index is 872. The number of phenolic OH excluding ortho intramolecular Hbond substituents is 1. The molecule has 2 rings (SSSR count). The van der Waals surface area contributed by atoms with Crippen molar-refractivity contribution in [3.8, 4) is 16.9 Å². The van der Waals surface area contributed by atoms with Gasteiger partial charge in [-0.1, -0.05) is 18.2 Å². The van der Waals surface area contributed by atoms with E-state index in [1.165, 1.54) is 19.1 Å². The maximum Gasteiger partial charge on any atom is 0.417 e. The predicted molar refractivity (Wildman–Crippen MR) is 86.0 cm³/mol. The lowest BCUT2D eigenvalue weighted by Crippen LogP contribution is -2.16. The topological polar surface area (TPSA) is 72.8 Å². The molecule has 0 aliphatic heterocycles. The lowest BCUT2D eigenvalue weighted by atomic mass is 9.88. The SMILES string of the molecule is COC(=O)c1cc(O)c(C)c(-c2ccccc2C(F)(F)F)c1C(=O)OC. The van der Waals surface area contributed by atoms with Crippen molar-refractivity contribution in [2.75, 3.05) is 14.2 Å². The zero-order valence-corrected chi connectivity index (χ0v) is 14.1. The molecule has 0 aliphatic carbocycles. The van der Waals surface area contributed by atoms with Crippen LogP contribution in [0.3, 0.4) is 0 Å². The highest BCUT2D eigenvalue weighted by atomic mass is 19.4. The fraction of sp³-hybridized carbons (Fsp3) is 0.222. The van der Waals surface area contributed by atoms with Gasteiger partial charge in [0.2, 0.25) is 0 Å². The van der Waals surface area contributed by atoms with Crippen LogP contribution in [0.2, 0.25) is 0 Å². The first-order valence-electron chi connectivity index (χ1n) is 7.33. The van der Waals surface area contributed by atoms with Crippen LogP contribution in [0.15, 0.2) is 30.3 Å². The van der Waals surface area contributed by atoms with Gasteiger partial charge in [0.25, 0.3) is 0 Å². The number of methoxy groups -OCH3 is 2. The van der Waals surface area contributed by atoms with E-state index in [1.807, 2.05) is 0 Å². The standard InChI is InChI=1S/C18H15F3O5/c1-9-13(22)8-11(16(23)25-2)15(17(24)26-3)14(9)10-6-4-5-7-12(10)18(19,20)21/h4-8,22H,1-3H3. The summed E-state index contributed by atoms with van der Waals surface area (Å²) in [6.07, 6.45) is -4.71. The Morgan fingerprint density at radius 1 is 1.04 bits per heavy atom. The van der Waals surface area contributed by atoms with Crippen molar-refractivity contribution >= 4 is 11.9 Å². The summed E-state index contributed by atoms with van der Waals surface area (Å²) >= 11 is 0. The average molecular weight is 368 g/mol. The smallest absolute Gasteiger partial charge is 0.417 e. The Morgan fingerprint density at radius 3 is 2.15 bits per heavy atom. The van der Waals surface area contributed by atoms with Crippen LogP contribution in [0, 0.1) is 6.92 Å². The maximum absolute atomic E-state index is 13.4. The largest absolute Gasteiger partial charge is 0.508 e. The summed E-state index contributed by atoms with van der Waals surface area (Å²) in [7, 11) is 2.08. The van der Waals surface area contributed by atoms with Gasteiger partial charge < -0.3 is 14.6 Å². The number of alkyl halides is 3. The monoisotopic (exact) mass is 368 g/mol. The lowest BCUT2D eigenvalue weighted by Gasteiger charge is -2.19. The Hall–Kier alpha value is -3.03. The van der Waals surface area contributed by atoms with E-state index in [0.717, 1.165) is 32.4 Å². The zero-order valence-electron chi connectivity index (χ0n) is 14.1. The van der Waals surface area contributed by atoms with E-state index >= 15 is 0 Å².